The second-order valence-electron chi connectivity index (χ2n) is 5.37. The highest BCUT2D eigenvalue weighted by Crippen LogP contribution is 2.37. The number of rotatable bonds is 5. The Hall–Kier alpha value is -1.42. The molecule has 2 rings (SSSR count). The zero-order chi connectivity index (χ0) is 13.8. The average Bonchev–Trinajstić information content (AvgIpc) is 2.35. The maximum absolute atomic E-state index is 13.0. The van der Waals surface area contributed by atoms with Crippen molar-refractivity contribution < 1.29 is 9.18 Å². The second-order valence-corrected chi connectivity index (χ2v) is 5.37. The quantitative estimate of drug-likeness (QED) is 0.858. The molecule has 1 aromatic carbocycles. The Balaban J connectivity index is 2.12. The monoisotopic (exact) mass is 264 g/mol. The summed E-state index contributed by atoms with van der Waals surface area (Å²) in [6.45, 7) is 2.16. The molecule has 1 amide bonds. The molecule has 0 heterocycles. The minimum atomic E-state index is -0.252. The van der Waals surface area contributed by atoms with Gasteiger partial charge in [-0.05, 0) is 36.5 Å². The number of hydrogen-bond donors (Lipinski definition) is 2. The first kappa shape index (κ1) is 14.0. The van der Waals surface area contributed by atoms with E-state index < -0.39 is 0 Å². The van der Waals surface area contributed by atoms with E-state index in [0.29, 0.717) is 12.5 Å². The molecule has 2 unspecified atom stereocenters. The van der Waals surface area contributed by atoms with E-state index in [2.05, 4.69) is 5.32 Å². The van der Waals surface area contributed by atoms with Crippen LogP contribution in [0.3, 0.4) is 0 Å². The number of hydrogen-bond acceptors (Lipinski definition) is 2. The lowest BCUT2D eigenvalue weighted by Gasteiger charge is -2.35. The minimum absolute atomic E-state index is 0.0177. The smallest absolute Gasteiger partial charge is 0.224 e. The predicted octanol–water partition coefficient (Wildman–Crippen LogP) is 2.38. The molecule has 4 heteroatoms. The lowest BCUT2D eigenvalue weighted by Crippen LogP contribution is -2.40. The second kappa shape index (κ2) is 6.15. The van der Waals surface area contributed by atoms with E-state index in [1.165, 1.54) is 18.6 Å². The van der Waals surface area contributed by atoms with Gasteiger partial charge in [0.05, 0.1) is 6.04 Å². The van der Waals surface area contributed by atoms with Crippen molar-refractivity contribution in [3.63, 3.8) is 0 Å². The van der Waals surface area contributed by atoms with E-state index >= 15 is 0 Å². The van der Waals surface area contributed by atoms with Gasteiger partial charge >= 0.3 is 0 Å². The molecule has 0 saturated heterocycles. The highest BCUT2D eigenvalue weighted by molar-refractivity contribution is 5.79. The highest BCUT2D eigenvalue weighted by atomic mass is 19.1. The van der Waals surface area contributed by atoms with E-state index in [1.807, 2.05) is 6.92 Å². The molecule has 0 bridgehead atoms. The van der Waals surface area contributed by atoms with E-state index in [1.54, 1.807) is 12.1 Å². The molecule has 0 aromatic heterocycles. The van der Waals surface area contributed by atoms with Crippen molar-refractivity contribution in [2.45, 2.75) is 32.2 Å². The van der Waals surface area contributed by atoms with Gasteiger partial charge in [-0.1, -0.05) is 25.5 Å². The van der Waals surface area contributed by atoms with Crippen LogP contribution in [0.2, 0.25) is 0 Å². The van der Waals surface area contributed by atoms with E-state index in [4.69, 9.17) is 5.73 Å². The predicted molar refractivity (Wildman–Crippen MR) is 72.8 cm³/mol. The molecule has 2 atom stereocenters. The van der Waals surface area contributed by atoms with Crippen molar-refractivity contribution in [1.82, 2.24) is 5.32 Å². The third kappa shape index (κ3) is 3.32. The largest absolute Gasteiger partial charge is 0.349 e. The van der Waals surface area contributed by atoms with Gasteiger partial charge in [0.15, 0.2) is 0 Å². The van der Waals surface area contributed by atoms with Crippen molar-refractivity contribution in [1.29, 1.82) is 0 Å². The van der Waals surface area contributed by atoms with Gasteiger partial charge in [-0.25, -0.2) is 4.39 Å². The Morgan fingerprint density at radius 3 is 2.53 bits per heavy atom. The maximum Gasteiger partial charge on any atom is 0.224 e. The minimum Gasteiger partial charge on any atom is -0.349 e. The van der Waals surface area contributed by atoms with Crippen molar-refractivity contribution in [2.24, 2.45) is 17.6 Å². The summed E-state index contributed by atoms with van der Waals surface area (Å²) in [6, 6.07) is 6.38. The van der Waals surface area contributed by atoms with Crippen molar-refractivity contribution >= 4 is 5.91 Å². The fourth-order valence-corrected chi connectivity index (χ4v) is 2.32. The number of halogens is 1. The topological polar surface area (TPSA) is 55.1 Å². The highest BCUT2D eigenvalue weighted by Gasteiger charge is 2.30. The lowest BCUT2D eigenvalue weighted by molar-refractivity contribution is -0.125. The summed E-state index contributed by atoms with van der Waals surface area (Å²) in [5.41, 5.74) is 6.50. The summed E-state index contributed by atoms with van der Waals surface area (Å²) in [7, 11) is 0. The normalized spacial score (nSPS) is 18.5. The van der Waals surface area contributed by atoms with Gasteiger partial charge in [0.2, 0.25) is 5.91 Å². The van der Waals surface area contributed by atoms with Crippen molar-refractivity contribution in [3.05, 3.63) is 35.6 Å². The molecule has 1 aromatic rings. The van der Waals surface area contributed by atoms with Crippen molar-refractivity contribution in [3.8, 4) is 0 Å². The molecule has 0 radical (unpaired) electrons. The Kier molecular flexibility index (Phi) is 4.53. The van der Waals surface area contributed by atoms with Gasteiger partial charge in [0.1, 0.15) is 5.82 Å². The van der Waals surface area contributed by atoms with Gasteiger partial charge < -0.3 is 11.1 Å². The maximum atomic E-state index is 13.0. The number of nitrogens with two attached hydrogens (primary N) is 1. The number of carbonyl (C=O) groups is 1. The molecular weight excluding hydrogens is 243 g/mol. The standard InChI is InChI=1S/C15H21FN2O/c1-10(9-17)15(19)18-14(11-3-2-4-11)12-5-7-13(16)8-6-12/h5-8,10-11,14H,2-4,9,17H2,1H3,(H,18,19). The summed E-state index contributed by atoms with van der Waals surface area (Å²) >= 11 is 0. The lowest BCUT2D eigenvalue weighted by atomic mass is 9.77. The van der Waals surface area contributed by atoms with Crippen LogP contribution in [0.4, 0.5) is 4.39 Å². The zero-order valence-electron chi connectivity index (χ0n) is 11.2. The van der Waals surface area contributed by atoms with Crippen LogP contribution in [-0.2, 0) is 4.79 Å². The summed E-state index contributed by atoms with van der Waals surface area (Å²) in [5, 5.41) is 3.06. The fraction of sp³-hybridized carbons (Fsp3) is 0.533. The molecule has 0 aliphatic heterocycles. The Morgan fingerprint density at radius 2 is 2.05 bits per heavy atom. The number of amides is 1. The van der Waals surface area contributed by atoms with Crippen LogP contribution in [0.5, 0.6) is 0 Å². The first-order valence-corrected chi connectivity index (χ1v) is 6.87. The molecule has 3 N–H and O–H groups in total. The molecule has 1 aliphatic rings. The van der Waals surface area contributed by atoms with Crippen LogP contribution in [0.25, 0.3) is 0 Å². The third-order valence-electron chi connectivity index (χ3n) is 3.95. The molecule has 104 valence electrons. The van der Waals surface area contributed by atoms with Gasteiger partial charge in [0.25, 0.3) is 0 Å². The van der Waals surface area contributed by atoms with Crippen molar-refractivity contribution in [2.75, 3.05) is 6.54 Å². The molecule has 1 aliphatic carbocycles. The first-order valence-electron chi connectivity index (χ1n) is 6.87. The van der Waals surface area contributed by atoms with E-state index in [0.717, 1.165) is 18.4 Å². The number of nitrogens with one attached hydrogen (secondary N) is 1. The van der Waals surface area contributed by atoms with Gasteiger partial charge in [-0.2, -0.15) is 0 Å². The third-order valence-corrected chi connectivity index (χ3v) is 3.95. The van der Waals surface area contributed by atoms with Gasteiger partial charge in [0, 0.05) is 12.5 Å². The Bertz CT molecular complexity index is 428. The summed E-state index contributed by atoms with van der Waals surface area (Å²) < 4.78 is 13.0. The summed E-state index contributed by atoms with van der Waals surface area (Å²) in [4.78, 5) is 12.0. The van der Waals surface area contributed by atoms with Crippen LogP contribution in [0.15, 0.2) is 24.3 Å². The summed E-state index contributed by atoms with van der Waals surface area (Å²) in [6.07, 6.45) is 3.42. The molecule has 0 spiro atoms. The number of benzene rings is 1. The molecule has 1 saturated carbocycles. The van der Waals surface area contributed by atoms with Crippen LogP contribution in [0, 0.1) is 17.7 Å². The van der Waals surface area contributed by atoms with Gasteiger partial charge in [-0.3, -0.25) is 4.79 Å². The Morgan fingerprint density at radius 1 is 1.42 bits per heavy atom. The summed E-state index contributed by atoms with van der Waals surface area (Å²) in [5.74, 6) is -0.0103. The number of carbonyl (C=O) groups excluding carboxylic acids is 1. The van der Waals surface area contributed by atoms with Crippen LogP contribution in [0.1, 0.15) is 37.8 Å². The van der Waals surface area contributed by atoms with Crippen LogP contribution < -0.4 is 11.1 Å². The molecule has 1 fully saturated rings. The van der Waals surface area contributed by atoms with Crippen LogP contribution >= 0.6 is 0 Å². The van der Waals surface area contributed by atoms with E-state index in [9.17, 15) is 9.18 Å². The fourth-order valence-electron chi connectivity index (χ4n) is 2.32. The van der Waals surface area contributed by atoms with Gasteiger partial charge in [-0.15, -0.1) is 0 Å². The Labute approximate surface area is 113 Å². The van der Waals surface area contributed by atoms with E-state index in [-0.39, 0.29) is 23.7 Å². The molecular formula is C15H21FN2O. The average molecular weight is 264 g/mol. The molecule has 19 heavy (non-hydrogen) atoms. The molecule has 3 nitrogen and oxygen atoms in total. The first-order chi connectivity index (χ1) is 9.11. The SMILES string of the molecule is CC(CN)C(=O)NC(c1ccc(F)cc1)C1CCC1. The zero-order valence-corrected chi connectivity index (χ0v) is 11.2. The van der Waals surface area contributed by atoms with Crippen LogP contribution in [-0.4, -0.2) is 12.5 Å².